The predicted octanol–water partition coefficient (Wildman–Crippen LogP) is 3.78. The molecule has 0 unspecified atom stereocenters. The molecule has 0 aliphatic carbocycles. The van der Waals surface area contributed by atoms with E-state index in [0.717, 1.165) is 63.7 Å². The molecule has 8 heteroatoms. The van der Waals surface area contributed by atoms with Gasteiger partial charge in [-0.3, -0.25) is 9.69 Å². The molecular formula is C25H32FN3O3S. The standard InChI is InChI=1S/C25H32FN3O3S/c26-22-10-8-20(9-11-22)19-28-16-12-23(13-17-28)27-25(30)21-6-5-7-24(18-21)33(31,32)29-14-3-1-2-4-15-29/h5-11,18,23H,1-4,12-17,19H2,(H,27,30). The lowest BCUT2D eigenvalue weighted by Gasteiger charge is -2.32. The average molecular weight is 474 g/mol. The monoisotopic (exact) mass is 473 g/mol. The van der Waals surface area contributed by atoms with Gasteiger partial charge >= 0.3 is 0 Å². The lowest BCUT2D eigenvalue weighted by atomic mass is 10.0. The van der Waals surface area contributed by atoms with Gasteiger partial charge in [0.2, 0.25) is 10.0 Å². The summed E-state index contributed by atoms with van der Waals surface area (Å²) in [5.74, 6) is -0.469. The molecule has 0 atom stereocenters. The van der Waals surface area contributed by atoms with Crippen LogP contribution in [0.5, 0.6) is 0 Å². The second-order valence-corrected chi connectivity index (χ2v) is 10.9. The Kier molecular flexibility index (Phi) is 7.78. The van der Waals surface area contributed by atoms with E-state index in [0.29, 0.717) is 18.7 Å². The summed E-state index contributed by atoms with van der Waals surface area (Å²) in [5.41, 5.74) is 1.45. The lowest BCUT2D eigenvalue weighted by molar-refractivity contribution is 0.0908. The van der Waals surface area contributed by atoms with E-state index in [4.69, 9.17) is 0 Å². The van der Waals surface area contributed by atoms with Crippen LogP contribution in [0.4, 0.5) is 4.39 Å². The molecule has 4 rings (SSSR count). The van der Waals surface area contributed by atoms with Crippen LogP contribution in [-0.4, -0.2) is 55.8 Å². The van der Waals surface area contributed by atoms with Crippen LogP contribution < -0.4 is 5.32 Å². The van der Waals surface area contributed by atoms with Gasteiger partial charge in [-0.2, -0.15) is 4.31 Å². The van der Waals surface area contributed by atoms with Crippen molar-refractivity contribution in [1.82, 2.24) is 14.5 Å². The number of amides is 1. The molecule has 0 saturated carbocycles. The van der Waals surface area contributed by atoms with Crippen molar-refractivity contribution in [3.8, 4) is 0 Å². The van der Waals surface area contributed by atoms with Gasteiger partial charge in [-0.25, -0.2) is 12.8 Å². The van der Waals surface area contributed by atoms with Crippen LogP contribution in [0.1, 0.15) is 54.4 Å². The Morgan fingerprint density at radius 3 is 2.27 bits per heavy atom. The van der Waals surface area contributed by atoms with Crippen molar-refractivity contribution in [2.24, 2.45) is 0 Å². The van der Waals surface area contributed by atoms with E-state index in [1.165, 1.54) is 18.2 Å². The summed E-state index contributed by atoms with van der Waals surface area (Å²) in [6.45, 7) is 3.51. The fourth-order valence-corrected chi connectivity index (χ4v) is 6.14. The van der Waals surface area contributed by atoms with Gasteiger partial charge in [-0.05, 0) is 61.6 Å². The first kappa shape index (κ1) is 23.9. The summed E-state index contributed by atoms with van der Waals surface area (Å²) >= 11 is 0. The number of sulfonamides is 1. The molecule has 33 heavy (non-hydrogen) atoms. The van der Waals surface area contributed by atoms with Crippen LogP contribution in [-0.2, 0) is 16.6 Å². The topological polar surface area (TPSA) is 69.7 Å². The molecule has 0 aromatic heterocycles. The number of rotatable bonds is 6. The smallest absolute Gasteiger partial charge is 0.251 e. The highest BCUT2D eigenvalue weighted by molar-refractivity contribution is 7.89. The molecule has 1 N–H and O–H groups in total. The molecule has 0 bridgehead atoms. The Morgan fingerprint density at radius 2 is 1.61 bits per heavy atom. The summed E-state index contributed by atoms with van der Waals surface area (Å²) in [7, 11) is -3.59. The number of nitrogens with zero attached hydrogens (tertiary/aromatic N) is 2. The van der Waals surface area contributed by atoms with E-state index in [1.807, 2.05) is 0 Å². The Bertz CT molecular complexity index is 1040. The van der Waals surface area contributed by atoms with Crippen LogP contribution in [0.15, 0.2) is 53.4 Å². The number of halogens is 1. The molecule has 2 fully saturated rings. The number of hydrogen-bond donors (Lipinski definition) is 1. The van der Waals surface area contributed by atoms with Gasteiger partial charge in [-0.1, -0.05) is 31.0 Å². The van der Waals surface area contributed by atoms with E-state index in [2.05, 4.69) is 10.2 Å². The maximum Gasteiger partial charge on any atom is 0.251 e. The normalized spacial score (nSPS) is 19.2. The van der Waals surface area contributed by atoms with E-state index < -0.39 is 10.0 Å². The van der Waals surface area contributed by atoms with Gasteiger partial charge in [0.25, 0.3) is 5.91 Å². The average Bonchev–Trinajstić information content (AvgIpc) is 3.12. The van der Waals surface area contributed by atoms with Gasteiger partial charge < -0.3 is 5.32 Å². The minimum atomic E-state index is -3.59. The second kappa shape index (κ2) is 10.8. The molecule has 0 radical (unpaired) electrons. The Labute approximate surface area is 195 Å². The maximum absolute atomic E-state index is 13.1. The van der Waals surface area contributed by atoms with Crippen molar-refractivity contribution in [1.29, 1.82) is 0 Å². The number of nitrogens with one attached hydrogen (secondary N) is 1. The third-order valence-electron chi connectivity index (χ3n) is 6.54. The molecule has 2 aromatic carbocycles. The van der Waals surface area contributed by atoms with Crippen molar-refractivity contribution >= 4 is 15.9 Å². The van der Waals surface area contributed by atoms with Crippen LogP contribution in [0, 0.1) is 5.82 Å². The Balaban J connectivity index is 1.33. The minimum absolute atomic E-state index is 0.0489. The fraction of sp³-hybridized carbons (Fsp3) is 0.480. The minimum Gasteiger partial charge on any atom is -0.349 e. The summed E-state index contributed by atoms with van der Waals surface area (Å²) < 4.78 is 40.8. The lowest BCUT2D eigenvalue weighted by Crippen LogP contribution is -2.44. The van der Waals surface area contributed by atoms with Crippen molar-refractivity contribution in [2.45, 2.75) is 56.0 Å². The van der Waals surface area contributed by atoms with E-state index in [-0.39, 0.29) is 22.7 Å². The predicted molar refractivity (Wildman–Crippen MR) is 126 cm³/mol. The molecule has 2 heterocycles. The van der Waals surface area contributed by atoms with Gasteiger partial charge in [0.05, 0.1) is 4.90 Å². The van der Waals surface area contributed by atoms with E-state index >= 15 is 0 Å². The number of carbonyl (C=O) groups excluding carboxylic acids is 1. The first-order chi connectivity index (χ1) is 15.9. The van der Waals surface area contributed by atoms with Gasteiger partial charge in [0, 0.05) is 44.3 Å². The zero-order valence-corrected chi connectivity index (χ0v) is 19.7. The summed E-state index contributed by atoms with van der Waals surface area (Å²) in [6, 6.07) is 13.0. The molecule has 2 aromatic rings. The second-order valence-electron chi connectivity index (χ2n) is 9.00. The third-order valence-corrected chi connectivity index (χ3v) is 8.44. The molecular weight excluding hydrogens is 441 g/mol. The van der Waals surface area contributed by atoms with Gasteiger partial charge in [-0.15, -0.1) is 0 Å². The van der Waals surface area contributed by atoms with E-state index in [9.17, 15) is 17.6 Å². The van der Waals surface area contributed by atoms with Crippen molar-refractivity contribution in [3.05, 3.63) is 65.5 Å². The molecule has 2 aliphatic heterocycles. The fourth-order valence-electron chi connectivity index (χ4n) is 4.58. The number of benzene rings is 2. The van der Waals surface area contributed by atoms with E-state index in [1.54, 1.807) is 34.6 Å². The highest BCUT2D eigenvalue weighted by atomic mass is 32.2. The van der Waals surface area contributed by atoms with Gasteiger partial charge in [0.15, 0.2) is 0 Å². The number of likely N-dealkylation sites (tertiary alicyclic amines) is 1. The molecule has 178 valence electrons. The summed E-state index contributed by atoms with van der Waals surface area (Å²) in [6.07, 6.45) is 5.49. The molecule has 2 aliphatic rings. The quantitative estimate of drug-likeness (QED) is 0.693. The highest BCUT2D eigenvalue weighted by Crippen LogP contribution is 2.22. The molecule has 6 nitrogen and oxygen atoms in total. The van der Waals surface area contributed by atoms with Crippen LogP contribution in [0.3, 0.4) is 0 Å². The first-order valence-electron chi connectivity index (χ1n) is 11.8. The van der Waals surface area contributed by atoms with Crippen LogP contribution in [0.2, 0.25) is 0 Å². The maximum atomic E-state index is 13.1. The number of carbonyl (C=O) groups is 1. The first-order valence-corrected chi connectivity index (χ1v) is 13.2. The zero-order valence-electron chi connectivity index (χ0n) is 18.9. The molecule has 0 spiro atoms. The molecule has 2 saturated heterocycles. The molecule has 1 amide bonds. The largest absolute Gasteiger partial charge is 0.349 e. The van der Waals surface area contributed by atoms with Crippen molar-refractivity contribution in [2.75, 3.05) is 26.2 Å². The summed E-state index contributed by atoms with van der Waals surface area (Å²) in [5, 5.41) is 3.07. The SMILES string of the molecule is O=C(NC1CCN(Cc2ccc(F)cc2)CC1)c1cccc(S(=O)(=O)N2CCCCCC2)c1. The highest BCUT2D eigenvalue weighted by Gasteiger charge is 2.26. The third kappa shape index (κ3) is 6.19. The van der Waals surface area contributed by atoms with Crippen LogP contribution in [0.25, 0.3) is 0 Å². The Hall–Kier alpha value is -2.29. The van der Waals surface area contributed by atoms with Crippen LogP contribution >= 0.6 is 0 Å². The Morgan fingerprint density at radius 1 is 0.939 bits per heavy atom. The zero-order chi connectivity index (χ0) is 23.3. The van der Waals surface area contributed by atoms with Crippen molar-refractivity contribution in [3.63, 3.8) is 0 Å². The summed E-state index contributed by atoms with van der Waals surface area (Å²) in [4.78, 5) is 15.3. The number of hydrogen-bond acceptors (Lipinski definition) is 4. The van der Waals surface area contributed by atoms with Crippen molar-refractivity contribution < 1.29 is 17.6 Å². The van der Waals surface area contributed by atoms with Gasteiger partial charge in [0.1, 0.15) is 5.82 Å². The number of piperidine rings is 1.